The molecule has 1 atom stereocenters. The third-order valence-electron chi connectivity index (χ3n) is 4.21. The molecular formula is C22H19N3O3S. The molecule has 1 N–H and O–H groups in total. The van der Waals surface area contributed by atoms with Gasteiger partial charge in [-0.2, -0.15) is 0 Å². The molecule has 146 valence electrons. The molecule has 0 saturated heterocycles. The molecule has 2 heterocycles. The van der Waals surface area contributed by atoms with Gasteiger partial charge in [-0.3, -0.25) is 10.1 Å². The standard InChI is InChI=1S/C22H19N3O3S/c1-14-13-18(28-25-14)23-21(26)15(2)29-22-24-19(16-9-5-3-6-10-16)20(27-22)17-11-7-4-8-12-17/h3-13,15H,1-2H3,(H,23,26). The Morgan fingerprint density at radius 2 is 1.69 bits per heavy atom. The molecule has 1 amide bonds. The molecular weight excluding hydrogens is 386 g/mol. The van der Waals surface area contributed by atoms with Crippen LogP contribution in [-0.2, 0) is 4.79 Å². The summed E-state index contributed by atoms with van der Waals surface area (Å²) in [6.45, 7) is 3.58. The Labute approximate surface area is 172 Å². The van der Waals surface area contributed by atoms with Crippen molar-refractivity contribution in [1.82, 2.24) is 10.1 Å². The third-order valence-corrected chi connectivity index (χ3v) is 5.16. The molecule has 1 unspecified atom stereocenters. The number of aryl methyl sites for hydroxylation is 1. The zero-order valence-electron chi connectivity index (χ0n) is 16.0. The Morgan fingerprint density at radius 3 is 2.31 bits per heavy atom. The van der Waals surface area contributed by atoms with E-state index in [2.05, 4.69) is 15.5 Å². The van der Waals surface area contributed by atoms with Gasteiger partial charge in [-0.15, -0.1) is 0 Å². The van der Waals surface area contributed by atoms with E-state index in [1.807, 2.05) is 60.7 Å². The zero-order chi connectivity index (χ0) is 20.2. The number of oxazole rings is 1. The molecule has 0 spiro atoms. The highest BCUT2D eigenvalue weighted by Gasteiger charge is 2.22. The van der Waals surface area contributed by atoms with Crippen molar-refractivity contribution in [2.75, 3.05) is 5.32 Å². The van der Waals surface area contributed by atoms with Gasteiger partial charge < -0.3 is 8.94 Å². The quantitative estimate of drug-likeness (QED) is 0.431. The smallest absolute Gasteiger partial charge is 0.257 e. The van der Waals surface area contributed by atoms with Crippen LogP contribution in [0.25, 0.3) is 22.6 Å². The summed E-state index contributed by atoms with van der Waals surface area (Å²) in [5, 5.41) is 6.47. The lowest BCUT2D eigenvalue weighted by Gasteiger charge is -2.07. The highest BCUT2D eigenvalue weighted by Crippen LogP contribution is 2.36. The largest absolute Gasteiger partial charge is 0.431 e. The summed E-state index contributed by atoms with van der Waals surface area (Å²) in [7, 11) is 0. The number of nitrogens with zero attached hydrogens (tertiary/aromatic N) is 2. The number of anilines is 1. The van der Waals surface area contributed by atoms with Crippen molar-refractivity contribution in [1.29, 1.82) is 0 Å². The lowest BCUT2D eigenvalue weighted by atomic mass is 10.1. The first-order valence-electron chi connectivity index (χ1n) is 9.12. The molecule has 0 fully saturated rings. The van der Waals surface area contributed by atoms with Crippen LogP contribution in [0.3, 0.4) is 0 Å². The first-order chi connectivity index (χ1) is 14.1. The normalized spacial score (nSPS) is 11.9. The second kappa shape index (κ2) is 8.36. The van der Waals surface area contributed by atoms with Gasteiger partial charge in [0.15, 0.2) is 5.76 Å². The van der Waals surface area contributed by atoms with Gasteiger partial charge in [0.2, 0.25) is 11.8 Å². The molecule has 6 nitrogen and oxygen atoms in total. The fraction of sp³-hybridized carbons (Fsp3) is 0.136. The zero-order valence-corrected chi connectivity index (χ0v) is 16.8. The van der Waals surface area contributed by atoms with E-state index in [9.17, 15) is 4.79 Å². The van der Waals surface area contributed by atoms with Crippen LogP contribution in [0.1, 0.15) is 12.6 Å². The van der Waals surface area contributed by atoms with Gasteiger partial charge in [0.05, 0.1) is 10.9 Å². The predicted molar refractivity (Wildman–Crippen MR) is 113 cm³/mol. The number of nitrogens with one attached hydrogen (secondary N) is 1. The van der Waals surface area contributed by atoms with Crippen LogP contribution in [0.2, 0.25) is 0 Å². The van der Waals surface area contributed by atoms with Gasteiger partial charge in [-0.1, -0.05) is 77.6 Å². The summed E-state index contributed by atoms with van der Waals surface area (Å²) in [4.78, 5) is 17.1. The van der Waals surface area contributed by atoms with E-state index < -0.39 is 5.25 Å². The van der Waals surface area contributed by atoms with Gasteiger partial charge in [-0.25, -0.2) is 4.98 Å². The van der Waals surface area contributed by atoms with Gasteiger partial charge in [-0.05, 0) is 13.8 Å². The monoisotopic (exact) mass is 405 g/mol. The summed E-state index contributed by atoms with van der Waals surface area (Å²) < 4.78 is 11.1. The fourth-order valence-corrected chi connectivity index (χ4v) is 3.52. The van der Waals surface area contributed by atoms with Gasteiger partial charge in [0, 0.05) is 17.2 Å². The summed E-state index contributed by atoms with van der Waals surface area (Å²) in [5.74, 6) is 0.784. The number of carbonyl (C=O) groups excluding carboxylic acids is 1. The van der Waals surface area contributed by atoms with Crippen LogP contribution >= 0.6 is 11.8 Å². The average Bonchev–Trinajstić information content (AvgIpc) is 3.35. The second-order valence-electron chi connectivity index (χ2n) is 6.47. The molecule has 0 saturated carbocycles. The number of aromatic nitrogens is 2. The molecule has 29 heavy (non-hydrogen) atoms. The summed E-state index contributed by atoms with van der Waals surface area (Å²) in [5.41, 5.74) is 3.34. The van der Waals surface area contributed by atoms with Crippen LogP contribution in [0.4, 0.5) is 5.88 Å². The number of amides is 1. The number of hydrogen-bond acceptors (Lipinski definition) is 6. The van der Waals surface area contributed by atoms with Crippen LogP contribution in [0.15, 0.2) is 80.9 Å². The van der Waals surface area contributed by atoms with Crippen LogP contribution in [0, 0.1) is 6.92 Å². The van der Waals surface area contributed by atoms with Crippen molar-refractivity contribution in [2.24, 2.45) is 0 Å². The van der Waals surface area contributed by atoms with E-state index in [4.69, 9.17) is 8.94 Å². The van der Waals surface area contributed by atoms with Crippen molar-refractivity contribution in [3.8, 4) is 22.6 Å². The van der Waals surface area contributed by atoms with Gasteiger partial charge in [0.1, 0.15) is 5.69 Å². The van der Waals surface area contributed by atoms with Crippen molar-refractivity contribution in [2.45, 2.75) is 24.3 Å². The molecule has 4 aromatic rings. The Balaban J connectivity index is 1.59. The molecule has 0 aliphatic carbocycles. The van der Waals surface area contributed by atoms with Crippen molar-refractivity contribution < 1.29 is 13.7 Å². The average molecular weight is 405 g/mol. The van der Waals surface area contributed by atoms with E-state index in [-0.39, 0.29) is 5.91 Å². The molecule has 7 heteroatoms. The maximum absolute atomic E-state index is 12.5. The molecule has 0 aliphatic rings. The van der Waals surface area contributed by atoms with Crippen molar-refractivity contribution in [3.63, 3.8) is 0 Å². The Morgan fingerprint density at radius 1 is 1.03 bits per heavy atom. The number of benzene rings is 2. The van der Waals surface area contributed by atoms with Crippen LogP contribution < -0.4 is 5.32 Å². The predicted octanol–water partition coefficient (Wildman–Crippen LogP) is 5.42. The van der Waals surface area contributed by atoms with E-state index in [0.29, 0.717) is 22.6 Å². The Bertz CT molecular complexity index is 1050. The number of thioether (sulfide) groups is 1. The molecule has 2 aromatic carbocycles. The first-order valence-corrected chi connectivity index (χ1v) is 10.0. The molecule has 2 aromatic heterocycles. The van der Waals surface area contributed by atoms with E-state index in [1.165, 1.54) is 11.8 Å². The van der Waals surface area contributed by atoms with Crippen molar-refractivity contribution in [3.05, 3.63) is 72.4 Å². The Kier molecular flexibility index (Phi) is 5.48. The highest BCUT2D eigenvalue weighted by atomic mass is 32.2. The Hall–Kier alpha value is -3.32. The molecule has 4 rings (SSSR count). The van der Waals surface area contributed by atoms with Crippen molar-refractivity contribution >= 4 is 23.6 Å². The minimum Gasteiger partial charge on any atom is -0.431 e. The maximum atomic E-state index is 12.5. The SMILES string of the molecule is Cc1cc(NC(=O)C(C)Sc2nc(-c3ccccc3)c(-c3ccccc3)o2)on1. The van der Waals surface area contributed by atoms with E-state index in [1.54, 1.807) is 19.9 Å². The minimum atomic E-state index is -0.439. The summed E-state index contributed by atoms with van der Waals surface area (Å²) in [6.07, 6.45) is 0. The topological polar surface area (TPSA) is 81.2 Å². The summed E-state index contributed by atoms with van der Waals surface area (Å²) >= 11 is 1.25. The minimum absolute atomic E-state index is 0.216. The fourth-order valence-electron chi connectivity index (χ4n) is 2.78. The second-order valence-corrected chi connectivity index (χ2v) is 7.76. The van der Waals surface area contributed by atoms with Gasteiger partial charge in [0.25, 0.3) is 5.22 Å². The number of rotatable bonds is 6. The van der Waals surface area contributed by atoms with Crippen LogP contribution in [-0.4, -0.2) is 21.3 Å². The first kappa shape index (κ1) is 19.0. The maximum Gasteiger partial charge on any atom is 0.257 e. The van der Waals surface area contributed by atoms with E-state index >= 15 is 0 Å². The number of hydrogen-bond donors (Lipinski definition) is 1. The summed E-state index contributed by atoms with van der Waals surface area (Å²) in [6, 6.07) is 21.3. The van der Waals surface area contributed by atoms with Crippen LogP contribution in [0.5, 0.6) is 0 Å². The lowest BCUT2D eigenvalue weighted by molar-refractivity contribution is -0.115. The van der Waals surface area contributed by atoms with Gasteiger partial charge >= 0.3 is 0 Å². The lowest BCUT2D eigenvalue weighted by Crippen LogP contribution is -2.22. The molecule has 0 radical (unpaired) electrons. The number of carbonyl (C=O) groups is 1. The third kappa shape index (κ3) is 4.41. The highest BCUT2D eigenvalue weighted by molar-refractivity contribution is 8.00. The van der Waals surface area contributed by atoms with E-state index in [0.717, 1.165) is 16.8 Å². The molecule has 0 bridgehead atoms. The molecule has 0 aliphatic heterocycles.